The van der Waals surface area contributed by atoms with Gasteiger partial charge in [0, 0.05) is 5.69 Å². The number of allylic oxidation sites excluding steroid dienone is 3. The number of ether oxygens (including phenoxy) is 2. The molecule has 0 aliphatic heterocycles. The van der Waals surface area contributed by atoms with Crippen molar-refractivity contribution in [3.8, 4) is 5.75 Å². The quantitative estimate of drug-likeness (QED) is 0.493. The number of carbonyl (C=O) groups is 2. The first-order valence-electron chi connectivity index (χ1n) is 7.20. The number of nitrogens with one attached hydrogen (secondary N) is 2. The Hall–Kier alpha value is -2.97. The van der Waals surface area contributed by atoms with Crippen LogP contribution in [-0.4, -0.2) is 25.3 Å². The summed E-state index contributed by atoms with van der Waals surface area (Å²) in [6.07, 6.45) is -0.0380. The van der Waals surface area contributed by atoms with Gasteiger partial charge in [-0.05, 0) is 43.2 Å². The lowest BCUT2D eigenvalue weighted by Crippen LogP contribution is -2.32. The third kappa shape index (κ3) is 5.55. The molecule has 0 spiro atoms. The van der Waals surface area contributed by atoms with Crippen LogP contribution in [0.15, 0.2) is 47.9 Å². The van der Waals surface area contributed by atoms with Crippen molar-refractivity contribution in [2.24, 2.45) is 0 Å². The number of alkyl halides is 3. The summed E-state index contributed by atoms with van der Waals surface area (Å²) < 4.78 is 46.6. The highest BCUT2D eigenvalue weighted by molar-refractivity contribution is 6.32. The summed E-state index contributed by atoms with van der Waals surface area (Å²) in [7, 11) is 1.09. The van der Waals surface area contributed by atoms with Gasteiger partial charge in [-0.15, -0.1) is 0 Å². The van der Waals surface area contributed by atoms with E-state index >= 15 is 0 Å². The third-order valence-electron chi connectivity index (χ3n) is 3.13. The zero-order valence-electron chi connectivity index (χ0n) is 13.1. The number of esters is 1. The van der Waals surface area contributed by atoms with Crippen LogP contribution in [0.2, 0.25) is 0 Å². The number of amides is 1. The van der Waals surface area contributed by atoms with E-state index in [1.54, 1.807) is 6.08 Å². The fraction of sp³-hybridized carbons (Fsp3) is 0.250. The molecule has 134 valence electrons. The minimum Gasteiger partial charge on any atom is -0.462 e. The first-order chi connectivity index (χ1) is 11.8. The first-order valence-corrected chi connectivity index (χ1v) is 7.20. The summed E-state index contributed by atoms with van der Waals surface area (Å²) in [6.45, 7) is 0. The zero-order valence-corrected chi connectivity index (χ0v) is 13.1. The fourth-order valence-electron chi connectivity index (χ4n) is 2.04. The molecule has 1 aromatic carbocycles. The molecule has 0 bridgehead atoms. The van der Waals surface area contributed by atoms with Crippen LogP contribution in [0.4, 0.5) is 18.9 Å². The van der Waals surface area contributed by atoms with Gasteiger partial charge in [-0.1, -0.05) is 6.08 Å². The van der Waals surface area contributed by atoms with Crippen LogP contribution in [0.5, 0.6) is 5.75 Å². The average Bonchev–Trinajstić information content (AvgIpc) is 2.56. The Morgan fingerprint density at radius 2 is 1.84 bits per heavy atom. The molecule has 0 heterocycles. The first kappa shape index (κ1) is 18.4. The average molecular weight is 356 g/mol. The van der Waals surface area contributed by atoms with Crippen LogP contribution in [0.25, 0.3) is 0 Å². The number of benzene rings is 1. The van der Waals surface area contributed by atoms with Crippen LogP contribution in [0, 0.1) is 0 Å². The van der Waals surface area contributed by atoms with Crippen molar-refractivity contribution in [2.75, 3.05) is 12.4 Å². The highest BCUT2D eigenvalue weighted by atomic mass is 19.4. The van der Waals surface area contributed by atoms with Crippen LogP contribution < -0.4 is 15.4 Å². The van der Waals surface area contributed by atoms with Gasteiger partial charge in [-0.25, -0.2) is 4.79 Å². The van der Waals surface area contributed by atoms with Crippen LogP contribution in [-0.2, 0) is 14.3 Å². The van der Waals surface area contributed by atoms with Gasteiger partial charge in [0.1, 0.15) is 11.5 Å². The highest BCUT2D eigenvalue weighted by Gasteiger charge is 2.27. The summed E-state index contributed by atoms with van der Waals surface area (Å²) in [5.41, 5.74) is 0.252. The van der Waals surface area contributed by atoms with Crippen molar-refractivity contribution in [1.82, 2.24) is 5.32 Å². The Kier molecular flexibility index (Phi) is 5.68. The van der Waals surface area contributed by atoms with Crippen molar-refractivity contribution in [3.05, 3.63) is 47.9 Å². The van der Waals surface area contributed by atoms with Gasteiger partial charge in [0.2, 0.25) is 0 Å². The van der Waals surface area contributed by atoms with E-state index in [4.69, 9.17) is 4.74 Å². The summed E-state index contributed by atoms with van der Waals surface area (Å²) in [5, 5.41) is 3.79. The van der Waals surface area contributed by atoms with Crippen molar-refractivity contribution in [3.63, 3.8) is 0 Å². The van der Waals surface area contributed by atoms with Gasteiger partial charge < -0.3 is 14.8 Å². The van der Waals surface area contributed by atoms with Crippen molar-refractivity contribution in [1.29, 1.82) is 0 Å². The number of hydrogen-bond acceptors (Lipinski definition) is 5. The molecule has 6 nitrogen and oxygen atoms in total. The van der Waals surface area contributed by atoms with Gasteiger partial charge in [0.15, 0.2) is 0 Å². The van der Waals surface area contributed by atoms with E-state index < -0.39 is 18.2 Å². The van der Waals surface area contributed by atoms with Crippen LogP contribution >= 0.6 is 0 Å². The maximum Gasteiger partial charge on any atom is 0.482 e. The molecule has 0 saturated carbocycles. The Morgan fingerprint density at radius 3 is 2.44 bits per heavy atom. The molecule has 0 fully saturated rings. The monoisotopic (exact) mass is 356 g/mol. The molecule has 25 heavy (non-hydrogen) atoms. The normalized spacial score (nSPS) is 14.1. The molecule has 1 aliphatic carbocycles. The lowest BCUT2D eigenvalue weighted by Gasteiger charge is -2.17. The minimum atomic E-state index is -4.53. The second-order valence-electron chi connectivity index (χ2n) is 4.98. The maximum atomic E-state index is 12.2. The van der Waals surface area contributed by atoms with E-state index in [1.165, 1.54) is 29.6 Å². The zero-order chi connectivity index (χ0) is 18.4. The van der Waals surface area contributed by atoms with Crippen molar-refractivity contribution >= 4 is 17.6 Å². The van der Waals surface area contributed by atoms with Crippen molar-refractivity contribution < 1.29 is 32.2 Å². The Morgan fingerprint density at radius 1 is 1.16 bits per heavy atom. The summed E-state index contributed by atoms with van der Waals surface area (Å²) in [5.74, 6) is -1.40. The molecule has 1 amide bonds. The number of halogens is 3. The molecule has 9 heteroatoms. The SMILES string of the molecule is COC(=O)C(=O)NC1=C(Oc2ccc(NC(F)(F)F)cc2)C=CCC1. The molecule has 2 rings (SSSR count). The van der Waals surface area contributed by atoms with Crippen molar-refractivity contribution in [2.45, 2.75) is 19.1 Å². The van der Waals surface area contributed by atoms with Crippen LogP contribution in [0.1, 0.15) is 12.8 Å². The van der Waals surface area contributed by atoms with Gasteiger partial charge in [0.25, 0.3) is 0 Å². The molecule has 0 aromatic heterocycles. The number of rotatable bonds is 4. The lowest BCUT2D eigenvalue weighted by atomic mass is 10.1. The van der Waals surface area contributed by atoms with Gasteiger partial charge in [0.05, 0.1) is 12.8 Å². The van der Waals surface area contributed by atoms with E-state index in [-0.39, 0.29) is 11.4 Å². The topological polar surface area (TPSA) is 76.7 Å². The molecule has 1 aliphatic rings. The highest BCUT2D eigenvalue weighted by Crippen LogP contribution is 2.25. The van der Waals surface area contributed by atoms with Gasteiger partial charge in [-0.2, -0.15) is 13.2 Å². The van der Waals surface area contributed by atoms with E-state index in [0.29, 0.717) is 24.3 Å². The molecule has 0 saturated heterocycles. The minimum absolute atomic E-state index is 0.132. The molecular weight excluding hydrogens is 341 g/mol. The second-order valence-corrected chi connectivity index (χ2v) is 4.98. The molecule has 1 aromatic rings. The predicted molar refractivity (Wildman–Crippen MR) is 82.3 cm³/mol. The number of hydrogen-bond donors (Lipinski definition) is 2. The van der Waals surface area contributed by atoms with E-state index in [2.05, 4.69) is 10.1 Å². The molecule has 0 radical (unpaired) electrons. The van der Waals surface area contributed by atoms with Gasteiger partial charge in [-0.3, -0.25) is 10.1 Å². The Balaban J connectivity index is 2.11. The van der Waals surface area contributed by atoms with Gasteiger partial charge >= 0.3 is 18.2 Å². The fourth-order valence-corrected chi connectivity index (χ4v) is 2.04. The number of carbonyl (C=O) groups excluding carboxylic acids is 2. The second kappa shape index (κ2) is 7.73. The summed E-state index contributed by atoms with van der Waals surface area (Å²) in [6, 6.07) is 5.12. The molecule has 0 unspecified atom stereocenters. The van der Waals surface area contributed by atoms with E-state index in [1.807, 2.05) is 6.08 Å². The molecular formula is C16H15F3N2O4. The Bertz CT molecular complexity index is 709. The maximum absolute atomic E-state index is 12.2. The standard InChI is InChI=1S/C16H15F3N2O4/c1-24-15(23)14(22)20-12-4-2-3-5-13(12)25-11-8-6-10(7-9-11)21-16(17,18)19/h3,5-9,21H,2,4H2,1H3,(H,20,22). The number of anilines is 1. The summed E-state index contributed by atoms with van der Waals surface area (Å²) >= 11 is 0. The largest absolute Gasteiger partial charge is 0.482 e. The molecule has 0 atom stereocenters. The lowest BCUT2D eigenvalue weighted by molar-refractivity contribution is -0.152. The third-order valence-corrected chi connectivity index (χ3v) is 3.13. The predicted octanol–water partition coefficient (Wildman–Crippen LogP) is 2.85. The Labute approximate surface area is 141 Å². The van der Waals surface area contributed by atoms with E-state index in [9.17, 15) is 22.8 Å². The smallest absolute Gasteiger partial charge is 0.462 e. The van der Waals surface area contributed by atoms with Crippen LogP contribution in [0.3, 0.4) is 0 Å². The van der Waals surface area contributed by atoms with E-state index in [0.717, 1.165) is 7.11 Å². The molecule has 2 N–H and O–H groups in total. The summed E-state index contributed by atoms with van der Waals surface area (Å²) in [4.78, 5) is 22.8. The number of methoxy groups -OCH3 is 1.